The zero-order valence-electron chi connectivity index (χ0n) is 15.8. The van der Waals surface area contributed by atoms with Gasteiger partial charge in [0.15, 0.2) is 11.5 Å². The lowest BCUT2D eigenvalue weighted by Crippen LogP contribution is -2.39. The van der Waals surface area contributed by atoms with E-state index < -0.39 is 0 Å². The summed E-state index contributed by atoms with van der Waals surface area (Å²) in [5, 5.41) is 0. The summed E-state index contributed by atoms with van der Waals surface area (Å²) < 4.78 is 14.3. The molecular weight excluding hydrogens is 346 g/mol. The number of rotatable bonds is 3. The number of nitrogens with zero attached hydrogens (tertiary/aromatic N) is 3. The van der Waals surface area contributed by atoms with E-state index in [2.05, 4.69) is 17.0 Å². The monoisotopic (exact) mass is 371 g/mol. The number of likely N-dealkylation sites (tertiary alicyclic amines) is 1. The Morgan fingerprint density at radius 1 is 1.00 bits per heavy atom. The van der Waals surface area contributed by atoms with E-state index in [4.69, 9.17) is 9.47 Å². The maximum atomic E-state index is 12.2. The minimum absolute atomic E-state index is 0.237. The summed E-state index contributed by atoms with van der Waals surface area (Å²) in [4.78, 5) is 26.6. The molecule has 1 saturated heterocycles. The fourth-order valence-electron chi connectivity index (χ4n) is 3.92. The van der Waals surface area contributed by atoms with Gasteiger partial charge < -0.3 is 9.47 Å². The van der Waals surface area contributed by atoms with Crippen LogP contribution in [0.5, 0.6) is 11.5 Å². The zero-order valence-corrected chi connectivity index (χ0v) is 15.8. The topological polar surface area (TPSA) is 65.7 Å². The van der Waals surface area contributed by atoms with Gasteiger partial charge in [0.1, 0.15) is 0 Å². The van der Waals surface area contributed by atoms with Crippen LogP contribution in [0.25, 0.3) is 0 Å². The number of fused-ring (bicyclic) bond motifs is 1. The molecule has 0 amide bonds. The number of aromatic nitrogens is 2. The van der Waals surface area contributed by atoms with E-state index in [1.807, 2.05) is 6.07 Å². The third kappa shape index (κ3) is 3.39. The summed E-state index contributed by atoms with van der Waals surface area (Å²) in [6.07, 6.45) is 3.01. The van der Waals surface area contributed by atoms with Crippen molar-refractivity contribution in [2.24, 2.45) is 14.1 Å². The predicted octanol–water partition coefficient (Wildman–Crippen LogP) is 1.58. The Balaban J connectivity index is 1.61. The zero-order chi connectivity index (χ0) is 19.0. The van der Waals surface area contributed by atoms with Crippen LogP contribution in [0.4, 0.5) is 0 Å². The van der Waals surface area contributed by atoms with Crippen LogP contribution in [0, 0.1) is 0 Å². The highest BCUT2D eigenvalue weighted by atomic mass is 16.5. The summed E-state index contributed by atoms with van der Waals surface area (Å²) in [6, 6.07) is 7.96. The molecule has 7 heteroatoms. The van der Waals surface area contributed by atoms with Gasteiger partial charge in [0, 0.05) is 44.9 Å². The van der Waals surface area contributed by atoms with Crippen LogP contribution in [0.2, 0.25) is 0 Å². The van der Waals surface area contributed by atoms with Gasteiger partial charge in [-0.15, -0.1) is 0 Å². The molecule has 0 aliphatic carbocycles. The third-order valence-corrected chi connectivity index (χ3v) is 5.51. The van der Waals surface area contributed by atoms with Crippen molar-refractivity contribution < 1.29 is 9.47 Å². The normalized spacial score (nSPS) is 19.9. The van der Waals surface area contributed by atoms with Crippen LogP contribution in [-0.2, 0) is 20.6 Å². The molecule has 7 nitrogen and oxygen atoms in total. The standard InChI is InChI=1S/C20H25N3O4/c1-21-15(12-19(24)22(2)20(21)25)13-23-8-3-5-16(23)14-6-7-17-18(11-14)27-10-4-9-26-17/h6-7,11-12,16H,3-5,8-10,13H2,1-2H3/t16-/m0/s1. The first-order valence-electron chi connectivity index (χ1n) is 9.44. The average Bonchev–Trinajstić information content (AvgIpc) is 3.00. The number of benzene rings is 1. The highest BCUT2D eigenvalue weighted by molar-refractivity contribution is 5.44. The second-order valence-electron chi connectivity index (χ2n) is 7.26. The van der Waals surface area contributed by atoms with E-state index in [0.29, 0.717) is 19.8 Å². The van der Waals surface area contributed by atoms with Gasteiger partial charge in [-0.25, -0.2) is 4.79 Å². The van der Waals surface area contributed by atoms with Crippen molar-refractivity contribution in [2.45, 2.75) is 31.8 Å². The van der Waals surface area contributed by atoms with E-state index in [0.717, 1.165) is 47.6 Å². The van der Waals surface area contributed by atoms with Crippen LogP contribution in [0.15, 0.2) is 33.9 Å². The SMILES string of the molecule is Cn1c(CN2CCC[C@H]2c2ccc3c(c2)OCCCO3)cc(=O)n(C)c1=O. The smallest absolute Gasteiger partial charge is 0.330 e. The van der Waals surface area contributed by atoms with Gasteiger partial charge in [0.2, 0.25) is 0 Å². The largest absolute Gasteiger partial charge is 0.490 e. The third-order valence-electron chi connectivity index (χ3n) is 5.51. The summed E-state index contributed by atoms with van der Waals surface area (Å²) in [5.41, 5.74) is 1.37. The van der Waals surface area contributed by atoms with Crippen LogP contribution < -0.4 is 20.7 Å². The molecular formula is C20H25N3O4. The Morgan fingerprint density at radius 2 is 1.78 bits per heavy atom. The van der Waals surface area contributed by atoms with Gasteiger partial charge in [-0.05, 0) is 37.1 Å². The molecule has 4 rings (SSSR count). The van der Waals surface area contributed by atoms with E-state index >= 15 is 0 Å². The molecule has 2 aromatic rings. The molecule has 0 bridgehead atoms. The molecule has 2 aliphatic rings. The molecule has 0 saturated carbocycles. The van der Waals surface area contributed by atoms with Crippen molar-refractivity contribution >= 4 is 0 Å². The van der Waals surface area contributed by atoms with Gasteiger partial charge in [-0.3, -0.25) is 18.8 Å². The first kappa shape index (κ1) is 17.9. The molecule has 0 radical (unpaired) electrons. The number of hydrogen-bond acceptors (Lipinski definition) is 5. The highest BCUT2D eigenvalue weighted by Crippen LogP contribution is 2.38. The summed E-state index contributed by atoms with van der Waals surface area (Å²) in [6.45, 7) is 2.85. The lowest BCUT2D eigenvalue weighted by atomic mass is 10.0. The second-order valence-corrected chi connectivity index (χ2v) is 7.26. The van der Waals surface area contributed by atoms with E-state index in [1.54, 1.807) is 17.7 Å². The van der Waals surface area contributed by atoms with Crippen LogP contribution in [0.3, 0.4) is 0 Å². The van der Waals surface area contributed by atoms with Gasteiger partial charge in [0.25, 0.3) is 5.56 Å². The van der Waals surface area contributed by atoms with Crippen LogP contribution in [0.1, 0.15) is 36.6 Å². The fourth-order valence-corrected chi connectivity index (χ4v) is 3.92. The molecule has 144 valence electrons. The van der Waals surface area contributed by atoms with E-state index in [-0.39, 0.29) is 17.3 Å². The molecule has 1 atom stereocenters. The molecule has 27 heavy (non-hydrogen) atoms. The molecule has 0 N–H and O–H groups in total. The highest BCUT2D eigenvalue weighted by Gasteiger charge is 2.28. The van der Waals surface area contributed by atoms with Crippen LogP contribution in [-0.4, -0.2) is 33.8 Å². The average molecular weight is 371 g/mol. The minimum atomic E-state index is -0.288. The molecule has 2 aliphatic heterocycles. The summed E-state index contributed by atoms with van der Waals surface area (Å²) >= 11 is 0. The first-order valence-corrected chi connectivity index (χ1v) is 9.44. The van der Waals surface area contributed by atoms with Gasteiger partial charge in [-0.2, -0.15) is 0 Å². The van der Waals surface area contributed by atoms with Crippen molar-refractivity contribution in [1.29, 1.82) is 0 Å². The Morgan fingerprint density at radius 3 is 2.59 bits per heavy atom. The maximum absolute atomic E-state index is 12.2. The molecule has 0 unspecified atom stereocenters. The number of ether oxygens (including phenoxy) is 2. The van der Waals surface area contributed by atoms with Gasteiger partial charge in [-0.1, -0.05) is 6.07 Å². The molecule has 0 spiro atoms. The van der Waals surface area contributed by atoms with E-state index in [9.17, 15) is 9.59 Å². The quantitative estimate of drug-likeness (QED) is 0.820. The Labute approximate surface area is 157 Å². The summed E-state index contributed by atoms with van der Waals surface area (Å²) in [5.74, 6) is 1.60. The maximum Gasteiger partial charge on any atom is 0.330 e. The molecule has 1 fully saturated rings. The molecule has 1 aromatic heterocycles. The van der Waals surface area contributed by atoms with Gasteiger partial charge >= 0.3 is 5.69 Å². The predicted molar refractivity (Wildman–Crippen MR) is 101 cm³/mol. The second kappa shape index (κ2) is 7.23. The Kier molecular flexibility index (Phi) is 4.78. The van der Waals surface area contributed by atoms with Crippen molar-refractivity contribution in [1.82, 2.24) is 14.0 Å². The molecule has 1 aromatic carbocycles. The fraction of sp³-hybridized carbons (Fsp3) is 0.500. The number of hydrogen-bond donors (Lipinski definition) is 0. The van der Waals surface area contributed by atoms with E-state index in [1.165, 1.54) is 12.6 Å². The Bertz CT molecular complexity index is 963. The van der Waals surface area contributed by atoms with Gasteiger partial charge in [0.05, 0.1) is 13.2 Å². The Hall–Kier alpha value is -2.54. The van der Waals surface area contributed by atoms with Crippen molar-refractivity contribution in [3.05, 3.63) is 56.4 Å². The first-order chi connectivity index (χ1) is 13.0. The van der Waals surface area contributed by atoms with Crippen LogP contribution >= 0.6 is 0 Å². The lowest BCUT2D eigenvalue weighted by Gasteiger charge is -2.26. The van der Waals surface area contributed by atoms with Crippen molar-refractivity contribution in [3.8, 4) is 11.5 Å². The minimum Gasteiger partial charge on any atom is -0.490 e. The van der Waals surface area contributed by atoms with Crippen molar-refractivity contribution in [3.63, 3.8) is 0 Å². The van der Waals surface area contributed by atoms with Crippen molar-refractivity contribution in [2.75, 3.05) is 19.8 Å². The lowest BCUT2D eigenvalue weighted by molar-refractivity contribution is 0.240. The molecule has 3 heterocycles. The summed E-state index contributed by atoms with van der Waals surface area (Å²) in [7, 11) is 3.22.